The van der Waals surface area contributed by atoms with Crippen LogP contribution in [0.1, 0.15) is 48.3 Å². The first-order valence-electron chi connectivity index (χ1n) is 10.0. The summed E-state index contributed by atoms with van der Waals surface area (Å²) in [5.41, 5.74) is 3.32. The summed E-state index contributed by atoms with van der Waals surface area (Å²) in [5.74, 6) is 1.17. The lowest BCUT2D eigenvalue weighted by molar-refractivity contribution is 0.124. The van der Waals surface area contributed by atoms with Gasteiger partial charge in [0.05, 0.1) is 11.4 Å². The number of hydrogen-bond donors (Lipinski definition) is 0. The summed E-state index contributed by atoms with van der Waals surface area (Å²) in [5, 5.41) is 0. The molecule has 1 aliphatic carbocycles. The van der Waals surface area contributed by atoms with Crippen molar-refractivity contribution >= 4 is 10.0 Å². The average Bonchev–Trinajstić information content (AvgIpc) is 2.67. The molecule has 0 N–H and O–H groups in total. The first-order valence-corrected chi connectivity index (χ1v) is 11.5. The zero-order chi connectivity index (χ0) is 19.7. The summed E-state index contributed by atoms with van der Waals surface area (Å²) in [4.78, 5) is 8.98. The number of aryl methyl sites for hydroxylation is 4. The Hall–Kier alpha value is -1.99. The Kier molecular flexibility index (Phi) is 5.38. The molecule has 150 valence electrons. The summed E-state index contributed by atoms with van der Waals surface area (Å²) in [6, 6.07) is 7.43. The normalized spacial score (nSPS) is 20.6. The van der Waals surface area contributed by atoms with Crippen molar-refractivity contribution < 1.29 is 13.2 Å². The van der Waals surface area contributed by atoms with Crippen LogP contribution in [0.25, 0.3) is 0 Å². The summed E-state index contributed by atoms with van der Waals surface area (Å²) in [7, 11) is -3.52. The number of hydrogen-bond acceptors (Lipinski definition) is 5. The fourth-order valence-electron chi connectivity index (χ4n) is 4.15. The zero-order valence-corrected chi connectivity index (χ0v) is 17.3. The minimum absolute atomic E-state index is 0.199. The van der Waals surface area contributed by atoms with E-state index >= 15 is 0 Å². The number of nitrogens with zero attached hydrogens (tertiary/aromatic N) is 3. The molecule has 1 aromatic heterocycles. The summed E-state index contributed by atoms with van der Waals surface area (Å²) in [6.07, 6.45) is 5.73. The van der Waals surface area contributed by atoms with Crippen LogP contribution in [-0.4, -0.2) is 41.9 Å². The van der Waals surface area contributed by atoms with E-state index in [2.05, 4.69) is 9.97 Å². The Labute approximate surface area is 167 Å². The second-order valence-corrected chi connectivity index (χ2v) is 9.72. The van der Waals surface area contributed by atoms with Gasteiger partial charge in [-0.05, 0) is 75.6 Å². The summed E-state index contributed by atoms with van der Waals surface area (Å²) >= 11 is 0. The molecule has 2 aliphatic rings. The molecule has 1 fully saturated rings. The number of rotatable bonds is 4. The van der Waals surface area contributed by atoms with E-state index in [0.717, 1.165) is 37.8 Å². The number of ether oxygens (including phenoxy) is 1. The van der Waals surface area contributed by atoms with Crippen LogP contribution < -0.4 is 4.74 Å². The van der Waals surface area contributed by atoms with Gasteiger partial charge < -0.3 is 4.74 Å². The van der Waals surface area contributed by atoms with Gasteiger partial charge in [0.1, 0.15) is 11.9 Å². The van der Waals surface area contributed by atoms with Gasteiger partial charge in [-0.1, -0.05) is 6.07 Å². The zero-order valence-electron chi connectivity index (χ0n) is 16.5. The number of benzene rings is 1. The van der Waals surface area contributed by atoms with Crippen molar-refractivity contribution in [3.8, 4) is 5.88 Å². The van der Waals surface area contributed by atoms with E-state index in [-0.39, 0.29) is 6.10 Å². The third-order valence-electron chi connectivity index (χ3n) is 5.53. The Balaban J connectivity index is 1.51. The van der Waals surface area contributed by atoms with Gasteiger partial charge in [0.15, 0.2) is 0 Å². The maximum absolute atomic E-state index is 13.2. The molecule has 1 saturated heterocycles. The average molecular weight is 402 g/mol. The molecule has 1 aliphatic heterocycles. The van der Waals surface area contributed by atoms with Crippen molar-refractivity contribution in [3.63, 3.8) is 0 Å². The highest BCUT2D eigenvalue weighted by Gasteiger charge is 2.32. The lowest BCUT2D eigenvalue weighted by Gasteiger charge is -2.32. The van der Waals surface area contributed by atoms with Gasteiger partial charge in [-0.15, -0.1) is 0 Å². The van der Waals surface area contributed by atoms with Crippen LogP contribution in [0.2, 0.25) is 0 Å². The van der Waals surface area contributed by atoms with Crippen LogP contribution in [0.15, 0.2) is 29.2 Å². The molecule has 0 spiro atoms. The highest BCUT2D eigenvalue weighted by Crippen LogP contribution is 2.28. The highest BCUT2D eigenvalue weighted by atomic mass is 32.2. The topological polar surface area (TPSA) is 72.4 Å². The third-order valence-corrected chi connectivity index (χ3v) is 7.39. The van der Waals surface area contributed by atoms with Crippen molar-refractivity contribution in [3.05, 3.63) is 46.9 Å². The first kappa shape index (κ1) is 19.3. The molecular formula is C21H27N3O3S. The SMILES string of the molecule is Cc1cc(OC2CCCN(S(=O)(=O)c3ccc4c(c3)CCCC4)C2)nc(C)n1. The Morgan fingerprint density at radius 2 is 1.82 bits per heavy atom. The minimum Gasteiger partial charge on any atom is -0.473 e. The molecule has 4 rings (SSSR count). The van der Waals surface area contributed by atoms with Gasteiger partial charge in [-0.25, -0.2) is 13.4 Å². The van der Waals surface area contributed by atoms with Crippen LogP contribution in [0.5, 0.6) is 5.88 Å². The molecule has 6 nitrogen and oxygen atoms in total. The molecule has 0 bridgehead atoms. The predicted molar refractivity (Wildman–Crippen MR) is 107 cm³/mol. The standard InChI is InChI=1S/C21H27N3O3S/c1-15-12-21(23-16(2)22-15)27-19-8-5-11-24(14-19)28(25,26)20-10-9-17-6-3-4-7-18(17)13-20/h9-10,12-13,19H,3-8,11,14H2,1-2H3. The van der Waals surface area contributed by atoms with Crippen molar-refractivity contribution in [1.82, 2.24) is 14.3 Å². The third kappa shape index (κ3) is 4.05. The Morgan fingerprint density at radius 1 is 1.04 bits per heavy atom. The van der Waals surface area contributed by atoms with E-state index in [1.54, 1.807) is 16.4 Å². The van der Waals surface area contributed by atoms with Crippen molar-refractivity contribution in [2.24, 2.45) is 0 Å². The molecule has 0 amide bonds. The van der Waals surface area contributed by atoms with E-state index < -0.39 is 10.0 Å². The quantitative estimate of drug-likeness (QED) is 0.787. The van der Waals surface area contributed by atoms with E-state index in [1.807, 2.05) is 26.0 Å². The van der Waals surface area contributed by atoms with Gasteiger partial charge in [-0.2, -0.15) is 9.29 Å². The van der Waals surface area contributed by atoms with Gasteiger partial charge in [0, 0.05) is 18.3 Å². The smallest absolute Gasteiger partial charge is 0.243 e. The molecule has 2 aromatic rings. The number of sulfonamides is 1. The largest absolute Gasteiger partial charge is 0.473 e. The highest BCUT2D eigenvalue weighted by molar-refractivity contribution is 7.89. The number of piperidine rings is 1. The van der Waals surface area contributed by atoms with Gasteiger partial charge in [0.2, 0.25) is 15.9 Å². The predicted octanol–water partition coefficient (Wildman–Crippen LogP) is 3.20. The van der Waals surface area contributed by atoms with Crippen LogP contribution >= 0.6 is 0 Å². The molecule has 1 aromatic carbocycles. The minimum atomic E-state index is -3.52. The van der Waals surface area contributed by atoms with Gasteiger partial charge in [0.25, 0.3) is 0 Å². The molecule has 1 atom stereocenters. The van der Waals surface area contributed by atoms with E-state index in [0.29, 0.717) is 29.7 Å². The second kappa shape index (κ2) is 7.79. The Morgan fingerprint density at radius 3 is 2.61 bits per heavy atom. The molecule has 1 unspecified atom stereocenters. The first-order chi connectivity index (χ1) is 13.4. The van der Waals surface area contributed by atoms with Gasteiger partial charge >= 0.3 is 0 Å². The fraction of sp³-hybridized carbons (Fsp3) is 0.524. The monoisotopic (exact) mass is 401 g/mol. The van der Waals surface area contributed by atoms with Crippen LogP contribution in [0, 0.1) is 13.8 Å². The number of fused-ring (bicyclic) bond motifs is 1. The maximum atomic E-state index is 13.2. The molecule has 0 saturated carbocycles. The second-order valence-electron chi connectivity index (χ2n) is 7.78. The van der Waals surface area contributed by atoms with Crippen LogP contribution in [0.3, 0.4) is 0 Å². The van der Waals surface area contributed by atoms with E-state index in [4.69, 9.17) is 4.74 Å². The lowest BCUT2D eigenvalue weighted by Crippen LogP contribution is -2.44. The van der Waals surface area contributed by atoms with Crippen molar-refractivity contribution in [2.75, 3.05) is 13.1 Å². The van der Waals surface area contributed by atoms with E-state index in [1.165, 1.54) is 17.5 Å². The van der Waals surface area contributed by atoms with Crippen molar-refractivity contribution in [1.29, 1.82) is 0 Å². The molecule has 0 radical (unpaired) electrons. The van der Waals surface area contributed by atoms with E-state index in [9.17, 15) is 8.42 Å². The lowest BCUT2D eigenvalue weighted by atomic mass is 9.92. The fourth-order valence-corrected chi connectivity index (χ4v) is 5.71. The Bertz CT molecular complexity index is 955. The molecule has 28 heavy (non-hydrogen) atoms. The van der Waals surface area contributed by atoms with Crippen molar-refractivity contribution in [2.45, 2.75) is 63.4 Å². The molecule has 7 heteroatoms. The number of aromatic nitrogens is 2. The molecule has 2 heterocycles. The summed E-state index contributed by atoms with van der Waals surface area (Å²) < 4.78 is 34.0. The molecular weight excluding hydrogens is 374 g/mol. The van der Waals surface area contributed by atoms with Gasteiger partial charge in [-0.3, -0.25) is 0 Å². The van der Waals surface area contributed by atoms with Crippen LogP contribution in [-0.2, 0) is 22.9 Å². The maximum Gasteiger partial charge on any atom is 0.243 e. The van der Waals surface area contributed by atoms with Crippen LogP contribution in [0.4, 0.5) is 0 Å². The summed E-state index contributed by atoms with van der Waals surface area (Å²) in [6.45, 7) is 4.60.